The van der Waals surface area contributed by atoms with Crippen LogP contribution in [0.25, 0.3) is 6.08 Å². The summed E-state index contributed by atoms with van der Waals surface area (Å²) in [5, 5.41) is 11.5. The Kier molecular flexibility index (Phi) is 4.23. The largest absolute Gasteiger partial charge is 0.478 e. The lowest BCUT2D eigenvalue weighted by molar-refractivity contribution is -0.131. The van der Waals surface area contributed by atoms with Gasteiger partial charge in [0.05, 0.1) is 0 Å². The van der Waals surface area contributed by atoms with E-state index in [4.69, 9.17) is 5.11 Å². The van der Waals surface area contributed by atoms with Gasteiger partial charge in [-0.15, -0.1) is 0 Å². The zero-order valence-corrected chi connectivity index (χ0v) is 11.6. The van der Waals surface area contributed by atoms with Crippen LogP contribution in [-0.4, -0.2) is 17.0 Å². The number of anilines is 1. The second-order valence-electron chi connectivity index (χ2n) is 5.52. The topological polar surface area (TPSA) is 66.4 Å². The Morgan fingerprint density at radius 3 is 2.65 bits per heavy atom. The molecule has 0 aliphatic heterocycles. The van der Waals surface area contributed by atoms with E-state index >= 15 is 0 Å². The summed E-state index contributed by atoms with van der Waals surface area (Å²) < 4.78 is 0. The van der Waals surface area contributed by atoms with E-state index < -0.39 is 5.97 Å². The van der Waals surface area contributed by atoms with Gasteiger partial charge in [0.15, 0.2) is 0 Å². The highest BCUT2D eigenvalue weighted by molar-refractivity contribution is 5.95. The van der Waals surface area contributed by atoms with E-state index in [0.717, 1.165) is 37.3 Å². The smallest absolute Gasteiger partial charge is 0.328 e. The van der Waals surface area contributed by atoms with Crippen LogP contribution in [0.15, 0.2) is 30.3 Å². The minimum absolute atomic E-state index is 0.0503. The molecule has 1 aromatic carbocycles. The van der Waals surface area contributed by atoms with Gasteiger partial charge in [0, 0.05) is 17.2 Å². The number of hydrogen-bond donors (Lipinski definition) is 2. The van der Waals surface area contributed by atoms with Crippen molar-refractivity contribution in [1.82, 2.24) is 0 Å². The molecule has 0 bridgehead atoms. The Balaban J connectivity index is 2.08. The zero-order chi connectivity index (χ0) is 14.6. The third-order valence-corrected chi connectivity index (χ3v) is 3.82. The van der Waals surface area contributed by atoms with Gasteiger partial charge in [-0.25, -0.2) is 4.79 Å². The second kappa shape index (κ2) is 5.90. The average molecular weight is 273 g/mol. The third-order valence-electron chi connectivity index (χ3n) is 3.82. The molecule has 0 saturated heterocycles. The molecule has 4 nitrogen and oxygen atoms in total. The maximum atomic E-state index is 12.3. The number of amides is 1. The quantitative estimate of drug-likeness (QED) is 0.827. The van der Waals surface area contributed by atoms with E-state index in [1.165, 1.54) is 6.08 Å². The summed E-state index contributed by atoms with van der Waals surface area (Å²) in [7, 11) is 0. The van der Waals surface area contributed by atoms with E-state index in [9.17, 15) is 9.59 Å². The summed E-state index contributed by atoms with van der Waals surface area (Å²) in [4.78, 5) is 22.8. The molecule has 0 heterocycles. The summed E-state index contributed by atoms with van der Waals surface area (Å²) in [6.07, 6.45) is 6.65. The number of hydrogen-bond acceptors (Lipinski definition) is 2. The molecular formula is C16H19NO3. The standard InChI is InChI=1S/C16H19NO3/c1-16(9-2-3-10-16)15(20)17-13-6-4-5-12(11-13)7-8-14(18)19/h4-8,11H,2-3,9-10H2,1H3,(H,17,20)(H,18,19)/b8-7+. The first-order valence-electron chi connectivity index (χ1n) is 6.82. The molecule has 1 aliphatic carbocycles. The number of benzene rings is 1. The highest BCUT2D eigenvalue weighted by Crippen LogP contribution is 2.38. The number of carboxylic acid groups (broad SMARTS) is 1. The highest BCUT2D eigenvalue weighted by atomic mass is 16.4. The first kappa shape index (κ1) is 14.3. The molecule has 20 heavy (non-hydrogen) atoms. The Morgan fingerprint density at radius 2 is 2.00 bits per heavy atom. The molecule has 1 aliphatic rings. The fourth-order valence-electron chi connectivity index (χ4n) is 2.55. The van der Waals surface area contributed by atoms with E-state index in [2.05, 4.69) is 5.32 Å². The van der Waals surface area contributed by atoms with Gasteiger partial charge in [0.2, 0.25) is 5.91 Å². The molecule has 1 fully saturated rings. The van der Waals surface area contributed by atoms with Crippen LogP contribution in [0.2, 0.25) is 0 Å². The van der Waals surface area contributed by atoms with Crippen molar-refractivity contribution in [3.63, 3.8) is 0 Å². The number of carbonyl (C=O) groups excluding carboxylic acids is 1. The Hall–Kier alpha value is -2.10. The number of nitrogens with one attached hydrogen (secondary N) is 1. The fraction of sp³-hybridized carbons (Fsp3) is 0.375. The van der Waals surface area contributed by atoms with Crippen molar-refractivity contribution in [3.8, 4) is 0 Å². The van der Waals surface area contributed by atoms with Gasteiger partial charge in [0.1, 0.15) is 0 Å². The normalized spacial score (nSPS) is 17.2. The van der Waals surface area contributed by atoms with Crippen LogP contribution in [-0.2, 0) is 9.59 Å². The van der Waals surface area contributed by atoms with Crippen LogP contribution in [0.5, 0.6) is 0 Å². The monoisotopic (exact) mass is 273 g/mol. The van der Waals surface area contributed by atoms with Gasteiger partial charge in [-0.3, -0.25) is 4.79 Å². The molecule has 0 aromatic heterocycles. The van der Waals surface area contributed by atoms with E-state index in [1.807, 2.05) is 13.0 Å². The van der Waals surface area contributed by atoms with Crippen LogP contribution in [0.3, 0.4) is 0 Å². The summed E-state index contributed by atoms with van der Waals surface area (Å²) in [5.41, 5.74) is 1.19. The van der Waals surface area contributed by atoms with Crippen molar-refractivity contribution < 1.29 is 14.7 Å². The minimum Gasteiger partial charge on any atom is -0.478 e. The molecule has 0 unspecified atom stereocenters. The van der Waals surface area contributed by atoms with Crippen molar-refractivity contribution in [1.29, 1.82) is 0 Å². The lowest BCUT2D eigenvalue weighted by Gasteiger charge is -2.22. The molecule has 0 radical (unpaired) electrons. The van der Waals surface area contributed by atoms with Crippen LogP contribution in [0.4, 0.5) is 5.69 Å². The molecule has 1 amide bonds. The van der Waals surface area contributed by atoms with Gasteiger partial charge in [-0.05, 0) is 36.6 Å². The van der Waals surface area contributed by atoms with E-state index in [0.29, 0.717) is 5.69 Å². The van der Waals surface area contributed by atoms with Crippen LogP contribution < -0.4 is 5.32 Å². The summed E-state index contributed by atoms with van der Waals surface area (Å²) in [6, 6.07) is 7.18. The van der Waals surface area contributed by atoms with Gasteiger partial charge < -0.3 is 10.4 Å². The maximum Gasteiger partial charge on any atom is 0.328 e. The molecule has 4 heteroatoms. The summed E-state index contributed by atoms with van der Waals surface area (Å²) in [5.74, 6) is -0.938. The summed E-state index contributed by atoms with van der Waals surface area (Å²) in [6.45, 7) is 2.00. The molecule has 0 atom stereocenters. The van der Waals surface area contributed by atoms with Crippen molar-refractivity contribution in [2.45, 2.75) is 32.6 Å². The van der Waals surface area contributed by atoms with Crippen LogP contribution in [0.1, 0.15) is 38.2 Å². The Labute approximate surface area is 118 Å². The average Bonchev–Trinajstić information content (AvgIpc) is 2.85. The Morgan fingerprint density at radius 1 is 1.30 bits per heavy atom. The van der Waals surface area contributed by atoms with Crippen molar-refractivity contribution in [3.05, 3.63) is 35.9 Å². The predicted octanol–water partition coefficient (Wildman–Crippen LogP) is 3.30. The molecule has 1 aromatic rings. The van der Waals surface area contributed by atoms with Crippen molar-refractivity contribution in [2.24, 2.45) is 5.41 Å². The van der Waals surface area contributed by atoms with Crippen LogP contribution >= 0.6 is 0 Å². The number of aliphatic carboxylic acids is 1. The molecule has 106 valence electrons. The zero-order valence-electron chi connectivity index (χ0n) is 11.6. The summed E-state index contributed by atoms with van der Waals surface area (Å²) >= 11 is 0. The van der Waals surface area contributed by atoms with Gasteiger partial charge in [-0.1, -0.05) is 31.9 Å². The highest BCUT2D eigenvalue weighted by Gasteiger charge is 2.36. The van der Waals surface area contributed by atoms with Crippen LogP contribution in [0, 0.1) is 5.41 Å². The number of carboxylic acids is 1. The SMILES string of the molecule is CC1(C(=O)Nc2cccc(/C=C/C(=O)O)c2)CCCC1. The second-order valence-corrected chi connectivity index (χ2v) is 5.52. The fourth-order valence-corrected chi connectivity index (χ4v) is 2.55. The first-order chi connectivity index (χ1) is 9.49. The molecular weight excluding hydrogens is 254 g/mol. The molecule has 0 spiro atoms. The predicted molar refractivity (Wildman–Crippen MR) is 78.3 cm³/mol. The molecule has 1 saturated carbocycles. The first-order valence-corrected chi connectivity index (χ1v) is 6.82. The van der Waals surface area contributed by atoms with Crippen molar-refractivity contribution in [2.75, 3.05) is 5.32 Å². The van der Waals surface area contributed by atoms with Gasteiger partial charge >= 0.3 is 5.97 Å². The number of rotatable bonds is 4. The van der Waals surface area contributed by atoms with E-state index in [-0.39, 0.29) is 11.3 Å². The lowest BCUT2D eigenvalue weighted by atomic mass is 9.88. The van der Waals surface area contributed by atoms with Crippen molar-refractivity contribution >= 4 is 23.6 Å². The third kappa shape index (κ3) is 3.47. The molecule has 2 rings (SSSR count). The lowest BCUT2D eigenvalue weighted by Crippen LogP contribution is -2.30. The van der Waals surface area contributed by atoms with E-state index in [1.54, 1.807) is 18.2 Å². The Bertz CT molecular complexity index is 542. The van der Waals surface area contributed by atoms with Gasteiger partial charge in [-0.2, -0.15) is 0 Å². The molecule has 2 N–H and O–H groups in total. The number of carbonyl (C=O) groups is 2. The van der Waals surface area contributed by atoms with Gasteiger partial charge in [0.25, 0.3) is 0 Å². The maximum absolute atomic E-state index is 12.3. The minimum atomic E-state index is -0.988.